The van der Waals surface area contributed by atoms with E-state index in [2.05, 4.69) is 28.0 Å². The molecule has 2 unspecified atom stereocenters. The normalized spacial score (nSPS) is 36.8. The smallest absolute Gasteiger partial charge is 0.382 e. The first-order chi connectivity index (χ1) is 20.6. The monoisotopic (exact) mass is 662 g/mol. The summed E-state index contributed by atoms with van der Waals surface area (Å²) in [7, 11) is -10.6. The van der Waals surface area contributed by atoms with Gasteiger partial charge in [-0.15, -0.1) is 4.57 Å². The first kappa shape index (κ1) is 29.7. The number of fused-ring (bicyclic) bond motifs is 3. The molecular weight excluding hydrogens is 636 g/mol. The van der Waals surface area contributed by atoms with Crippen LogP contribution in [0.1, 0.15) is 22.8 Å². The average Bonchev–Trinajstić information content (AvgIpc) is 3.60. The van der Waals surface area contributed by atoms with Gasteiger partial charge in [-0.3, -0.25) is 13.8 Å². The predicted octanol–water partition coefficient (Wildman–Crippen LogP) is -3.26. The van der Waals surface area contributed by atoms with E-state index < -0.39 is 83.2 Å². The van der Waals surface area contributed by atoms with Gasteiger partial charge < -0.3 is 50.4 Å². The van der Waals surface area contributed by atoms with Crippen molar-refractivity contribution in [3.63, 3.8) is 0 Å². The van der Waals surface area contributed by atoms with E-state index in [1.54, 1.807) is 0 Å². The highest BCUT2D eigenvalue weighted by Crippen LogP contribution is 2.69. The number of hydrogen-bond acceptors (Lipinski definition) is 14. The number of hydrogen-bond donors (Lipinski definition) is 8. The number of epoxide rings is 2. The standard InChI is InChI=1S/C21H23N7O14P2/c22-15-12-17(25-7-24-15)28(8-26-12)19-21(33)14(30)11(42(19)21)6-39-44(36,37)40-43(34,35)38-5-10-13(29)20(32)18(41(10)20)27-3-1-2-9(4-27)16(23)31/h1-4,7-8,10-11,13-14,18-19,29-30,32-33H,5-6H2,(H3-3,22,23,24,25,31,34,35,36,37)/p+3/t10-,11-,13-,14-,18-,19-,20+,21+/m1/s1. The van der Waals surface area contributed by atoms with E-state index in [1.807, 2.05) is 0 Å². The number of carbonyl (C=O) groups is 1. The van der Waals surface area contributed by atoms with Gasteiger partial charge in [0.25, 0.3) is 5.91 Å². The van der Waals surface area contributed by atoms with Crippen molar-refractivity contribution in [3.05, 3.63) is 42.7 Å². The highest BCUT2D eigenvalue weighted by molar-refractivity contribution is 7.61. The lowest BCUT2D eigenvalue weighted by Gasteiger charge is -2.29. The molecule has 0 aromatic carbocycles. The number of imidazole rings is 1. The summed E-state index contributed by atoms with van der Waals surface area (Å²) in [5.74, 6) is -4.30. The zero-order valence-electron chi connectivity index (χ0n) is 22.1. The number of aliphatic hydroxyl groups is 4. The van der Waals surface area contributed by atoms with Crippen LogP contribution in [0.4, 0.5) is 5.82 Å². The zero-order chi connectivity index (χ0) is 31.6. The number of phosphoric acid groups is 2. The van der Waals surface area contributed by atoms with Crippen LogP contribution >= 0.6 is 15.6 Å². The largest absolute Gasteiger partial charge is 0.481 e. The van der Waals surface area contributed by atoms with Crippen LogP contribution in [0.5, 0.6) is 0 Å². The number of amides is 1. The van der Waals surface area contributed by atoms with Crippen LogP contribution in [-0.4, -0.2) is 105 Å². The number of aliphatic hydroxyl groups excluding tert-OH is 2. The van der Waals surface area contributed by atoms with E-state index in [0.717, 1.165) is 0 Å². The summed E-state index contributed by atoms with van der Waals surface area (Å²) < 4.78 is 46.2. The Morgan fingerprint density at radius 3 is 2.34 bits per heavy atom. The fourth-order valence-electron chi connectivity index (χ4n) is 5.93. The fraction of sp³-hybridized carbons (Fsp3) is 0.476. The predicted molar refractivity (Wildman–Crippen MR) is 137 cm³/mol. The van der Waals surface area contributed by atoms with E-state index in [-0.39, 0.29) is 22.5 Å². The third-order valence-electron chi connectivity index (χ3n) is 8.06. The molecule has 10 N–H and O–H groups in total. The number of aromatic nitrogens is 5. The highest BCUT2D eigenvalue weighted by Gasteiger charge is 2.98. The maximum Gasteiger partial charge on any atom is 0.481 e. The Labute approximate surface area is 245 Å². The molecule has 44 heavy (non-hydrogen) atoms. The molecule has 3 aromatic rings. The summed E-state index contributed by atoms with van der Waals surface area (Å²) >= 11 is 0. The van der Waals surface area contributed by atoms with Crippen molar-refractivity contribution in [2.24, 2.45) is 5.73 Å². The van der Waals surface area contributed by atoms with Gasteiger partial charge in [0.1, 0.15) is 36.9 Å². The molecule has 23 heteroatoms. The van der Waals surface area contributed by atoms with Crippen LogP contribution in [-0.2, 0) is 31.2 Å². The number of carbonyl (C=O) groups excluding carboxylic acids is 1. The SMILES string of the molecule is NC(=O)c1ccc[n+]([C@@H]2[O+]3[C@H](COP(=O)(O)OP(=O)(O)OC[C@@H]4[C@@H](O)[C@@]5(O)[C@H](n6cnc7c(N)ncnc76)[O+]45)[C@@H](O)[C@@]23O)c1. The third-order valence-corrected chi connectivity index (χ3v) is 10.7. The van der Waals surface area contributed by atoms with Crippen LogP contribution in [0, 0.1) is 0 Å². The molecule has 4 aliphatic heterocycles. The molecule has 7 heterocycles. The number of rotatable bonds is 11. The van der Waals surface area contributed by atoms with Gasteiger partial charge in [0, 0.05) is 6.07 Å². The van der Waals surface area contributed by atoms with Crippen LogP contribution in [0.3, 0.4) is 0 Å². The van der Waals surface area contributed by atoms with E-state index in [9.17, 15) is 44.1 Å². The Morgan fingerprint density at radius 2 is 1.68 bits per heavy atom. The maximum absolute atomic E-state index is 12.5. The Bertz CT molecular complexity index is 1800. The molecule has 0 spiro atoms. The van der Waals surface area contributed by atoms with Gasteiger partial charge in [-0.2, -0.15) is 4.31 Å². The van der Waals surface area contributed by atoms with Gasteiger partial charge in [0.15, 0.2) is 23.9 Å². The molecule has 0 saturated carbocycles. The second-order valence-corrected chi connectivity index (χ2v) is 13.6. The summed E-state index contributed by atoms with van der Waals surface area (Å²) in [5, 5.41) is 42.4. The molecule has 3 aromatic heterocycles. The topological polar surface area (TPSA) is 305 Å². The van der Waals surface area contributed by atoms with E-state index in [4.69, 9.17) is 20.5 Å². The molecule has 7 rings (SSSR count). The van der Waals surface area contributed by atoms with E-state index in [0.29, 0.717) is 0 Å². The van der Waals surface area contributed by atoms with Gasteiger partial charge in [-0.05, 0) is 6.07 Å². The van der Waals surface area contributed by atoms with Crippen molar-refractivity contribution in [1.82, 2.24) is 19.5 Å². The molecule has 10 atom stereocenters. The van der Waals surface area contributed by atoms with Gasteiger partial charge >= 0.3 is 39.7 Å². The Balaban J connectivity index is 0.944. The second kappa shape index (κ2) is 9.50. The summed E-state index contributed by atoms with van der Waals surface area (Å²) in [6, 6.07) is 2.93. The van der Waals surface area contributed by atoms with Crippen LogP contribution in [0.2, 0.25) is 0 Å². The van der Waals surface area contributed by atoms with Gasteiger partial charge in [0.05, 0.1) is 0 Å². The molecule has 1 amide bonds. The molecule has 21 nitrogen and oxygen atoms in total. The van der Waals surface area contributed by atoms with Crippen LogP contribution < -0.4 is 16.0 Å². The summed E-state index contributed by atoms with van der Waals surface area (Å²) in [4.78, 5) is 43.6. The molecular formula is C21H26N7O14P2+3. The van der Waals surface area contributed by atoms with Crippen molar-refractivity contribution in [2.45, 2.75) is 48.4 Å². The minimum atomic E-state index is -5.30. The quantitative estimate of drug-likeness (QED) is 0.0432. The number of nitrogens with two attached hydrogens (primary N) is 2. The number of nitrogens with zero attached hydrogens (tertiary/aromatic N) is 5. The maximum atomic E-state index is 12.5. The van der Waals surface area contributed by atoms with E-state index in [1.165, 1.54) is 46.3 Å². The number of anilines is 1. The minimum absolute atomic E-state index is 0.0901. The lowest BCUT2D eigenvalue weighted by molar-refractivity contribution is -0.728. The summed E-state index contributed by atoms with van der Waals surface area (Å²) in [5.41, 5.74) is 11.7. The fourth-order valence-corrected chi connectivity index (χ4v) is 8.02. The van der Waals surface area contributed by atoms with Crippen molar-refractivity contribution in [2.75, 3.05) is 18.9 Å². The molecule has 4 fully saturated rings. The summed E-state index contributed by atoms with van der Waals surface area (Å²) in [6.45, 7) is -1.50. The Morgan fingerprint density at radius 1 is 1.05 bits per heavy atom. The van der Waals surface area contributed by atoms with Crippen LogP contribution in [0.25, 0.3) is 11.2 Å². The van der Waals surface area contributed by atoms with Crippen molar-refractivity contribution in [3.8, 4) is 0 Å². The lowest BCUT2D eigenvalue weighted by atomic mass is 10.0. The summed E-state index contributed by atoms with van der Waals surface area (Å²) in [6.07, 6.45) is -1.80. The number of nitrogen functional groups attached to an aromatic ring is 1. The lowest BCUT2D eigenvalue weighted by Crippen LogP contribution is -2.56. The first-order valence-corrected chi connectivity index (χ1v) is 15.8. The number of phosphoric ester groups is 2. The third kappa shape index (κ3) is 4.18. The van der Waals surface area contributed by atoms with Crippen molar-refractivity contribution in [1.29, 1.82) is 0 Å². The van der Waals surface area contributed by atoms with Crippen LogP contribution in [0.15, 0.2) is 37.2 Å². The molecule has 4 saturated heterocycles. The van der Waals surface area contributed by atoms with Crippen molar-refractivity contribution >= 4 is 38.5 Å². The number of primary amides is 1. The molecule has 236 valence electrons. The first-order valence-electron chi connectivity index (χ1n) is 12.8. The zero-order valence-corrected chi connectivity index (χ0v) is 23.9. The molecule has 0 bridgehead atoms. The second-order valence-electron chi connectivity index (χ2n) is 10.5. The van der Waals surface area contributed by atoms with Gasteiger partial charge in [-0.1, -0.05) is 0 Å². The highest BCUT2D eigenvalue weighted by atomic mass is 31.3. The minimum Gasteiger partial charge on any atom is -0.382 e. The number of pyridine rings is 1. The van der Waals surface area contributed by atoms with E-state index >= 15 is 0 Å². The van der Waals surface area contributed by atoms with Crippen molar-refractivity contribution < 1.29 is 70.8 Å². The Hall–Kier alpha value is -3.01. The molecule has 4 aliphatic rings. The van der Waals surface area contributed by atoms with Gasteiger partial charge in [-0.25, -0.2) is 28.6 Å². The Kier molecular flexibility index (Phi) is 6.41. The van der Waals surface area contributed by atoms with Gasteiger partial charge in [0.2, 0.25) is 24.4 Å². The average molecular weight is 662 g/mol. The molecule has 0 aliphatic carbocycles. The molecule has 0 radical (unpaired) electrons.